The number of aliphatic hydroxyl groups is 1. The second-order valence-corrected chi connectivity index (χ2v) is 5.30. The third kappa shape index (κ3) is 3.76. The molecule has 19 heavy (non-hydrogen) atoms. The monoisotopic (exact) mass is 267 g/mol. The van der Waals surface area contributed by atoms with Gasteiger partial charge in [0.15, 0.2) is 5.82 Å². The van der Waals surface area contributed by atoms with Crippen LogP contribution in [0.5, 0.6) is 0 Å². The quantitative estimate of drug-likeness (QED) is 0.889. The maximum Gasteiger partial charge on any atom is 0.223 e. The molecule has 1 heterocycles. The van der Waals surface area contributed by atoms with Crippen LogP contribution in [-0.2, 0) is 11.3 Å². The number of aliphatic hydroxyl groups excluding tert-OH is 1. The van der Waals surface area contributed by atoms with Crippen molar-refractivity contribution in [3.63, 3.8) is 0 Å². The van der Waals surface area contributed by atoms with Crippen molar-refractivity contribution in [3.8, 4) is 0 Å². The van der Waals surface area contributed by atoms with Crippen molar-refractivity contribution in [3.05, 3.63) is 11.7 Å². The molecule has 1 aromatic rings. The van der Waals surface area contributed by atoms with Crippen molar-refractivity contribution < 1.29 is 14.4 Å². The smallest absolute Gasteiger partial charge is 0.223 e. The summed E-state index contributed by atoms with van der Waals surface area (Å²) in [5.74, 6) is 1.13. The Kier molecular flexibility index (Phi) is 4.52. The Labute approximate surface area is 112 Å². The predicted molar refractivity (Wildman–Crippen MR) is 68.1 cm³/mol. The topological polar surface area (TPSA) is 79.5 Å². The molecular formula is C13H21N3O3. The highest BCUT2D eigenvalue weighted by molar-refractivity contribution is 5.76. The average molecular weight is 267 g/mol. The molecule has 0 radical (unpaired) electrons. The maximum atomic E-state index is 12.1. The first-order chi connectivity index (χ1) is 9.06. The summed E-state index contributed by atoms with van der Waals surface area (Å²) >= 11 is 0. The van der Waals surface area contributed by atoms with E-state index >= 15 is 0 Å². The van der Waals surface area contributed by atoms with Crippen molar-refractivity contribution >= 4 is 5.91 Å². The van der Waals surface area contributed by atoms with Crippen molar-refractivity contribution in [1.29, 1.82) is 0 Å². The van der Waals surface area contributed by atoms with E-state index in [2.05, 4.69) is 10.1 Å². The minimum absolute atomic E-state index is 0.0217. The fourth-order valence-electron chi connectivity index (χ4n) is 2.51. The minimum Gasteiger partial charge on any atom is -0.393 e. The van der Waals surface area contributed by atoms with E-state index in [1.807, 2.05) is 0 Å². The summed E-state index contributed by atoms with van der Waals surface area (Å²) < 4.78 is 4.87. The highest BCUT2D eigenvalue weighted by Crippen LogP contribution is 2.27. The molecule has 2 rings (SSSR count). The lowest BCUT2D eigenvalue weighted by Crippen LogP contribution is -2.33. The molecule has 1 aliphatic rings. The van der Waals surface area contributed by atoms with Gasteiger partial charge in [0, 0.05) is 20.4 Å². The Morgan fingerprint density at radius 1 is 1.47 bits per heavy atom. The summed E-state index contributed by atoms with van der Waals surface area (Å²) in [6, 6.07) is 0. The molecule has 0 aliphatic heterocycles. The summed E-state index contributed by atoms with van der Waals surface area (Å²) in [5.41, 5.74) is 0. The molecule has 6 heteroatoms. The third-order valence-corrected chi connectivity index (χ3v) is 3.68. The van der Waals surface area contributed by atoms with E-state index in [1.54, 1.807) is 18.9 Å². The highest BCUT2D eigenvalue weighted by Gasteiger charge is 2.26. The van der Waals surface area contributed by atoms with Crippen LogP contribution in [0.15, 0.2) is 4.52 Å². The summed E-state index contributed by atoms with van der Waals surface area (Å²) in [6.45, 7) is 2.07. The van der Waals surface area contributed by atoms with E-state index in [1.165, 1.54) is 0 Å². The zero-order chi connectivity index (χ0) is 13.8. The molecule has 0 spiro atoms. The summed E-state index contributed by atoms with van der Waals surface area (Å²) in [5, 5.41) is 13.7. The van der Waals surface area contributed by atoms with E-state index in [9.17, 15) is 9.90 Å². The van der Waals surface area contributed by atoms with Crippen LogP contribution >= 0.6 is 0 Å². The first-order valence-electron chi connectivity index (χ1n) is 6.77. The van der Waals surface area contributed by atoms with Crippen molar-refractivity contribution in [2.24, 2.45) is 5.92 Å². The van der Waals surface area contributed by atoms with Crippen LogP contribution in [-0.4, -0.2) is 39.2 Å². The van der Waals surface area contributed by atoms with Gasteiger partial charge < -0.3 is 14.5 Å². The van der Waals surface area contributed by atoms with Gasteiger partial charge in [-0.25, -0.2) is 0 Å². The van der Waals surface area contributed by atoms with Crippen LogP contribution in [0.1, 0.15) is 43.8 Å². The van der Waals surface area contributed by atoms with E-state index < -0.39 is 0 Å². The van der Waals surface area contributed by atoms with Crippen molar-refractivity contribution in [2.75, 3.05) is 7.05 Å². The normalized spacial score (nSPS) is 23.3. The number of carbonyl (C=O) groups excluding carboxylic acids is 1. The van der Waals surface area contributed by atoms with Crippen molar-refractivity contribution in [2.45, 2.75) is 51.7 Å². The second-order valence-electron chi connectivity index (χ2n) is 5.30. The zero-order valence-electron chi connectivity index (χ0n) is 11.5. The molecule has 1 aliphatic carbocycles. The minimum atomic E-state index is -0.335. The fourth-order valence-corrected chi connectivity index (χ4v) is 2.51. The van der Waals surface area contributed by atoms with Crippen LogP contribution in [0, 0.1) is 12.8 Å². The lowest BCUT2D eigenvalue weighted by molar-refractivity contribution is -0.133. The average Bonchev–Trinajstić information content (AvgIpc) is 2.77. The van der Waals surface area contributed by atoms with Gasteiger partial charge in [-0.1, -0.05) is 18.0 Å². The molecule has 1 saturated carbocycles. The van der Waals surface area contributed by atoms with Gasteiger partial charge in [-0.15, -0.1) is 0 Å². The Bertz CT molecular complexity index is 433. The van der Waals surface area contributed by atoms with Gasteiger partial charge in [0.1, 0.15) is 0 Å². The maximum absolute atomic E-state index is 12.1. The van der Waals surface area contributed by atoms with Gasteiger partial charge in [0.05, 0.1) is 12.6 Å². The molecule has 0 bridgehead atoms. The molecule has 1 aromatic heterocycles. The zero-order valence-corrected chi connectivity index (χ0v) is 11.5. The Balaban J connectivity index is 1.85. The first-order valence-corrected chi connectivity index (χ1v) is 6.77. The van der Waals surface area contributed by atoms with Crippen LogP contribution in [0.25, 0.3) is 0 Å². The molecule has 2 atom stereocenters. The molecule has 106 valence electrons. The first kappa shape index (κ1) is 14.0. The lowest BCUT2D eigenvalue weighted by atomic mass is 9.84. The van der Waals surface area contributed by atoms with Crippen LogP contribution < -0.4 is 0 Å². The summed E-state index contributed by atoms with van der Waals surface area (Å²) in [4.78, 5) is 17.8. The molecule has 0 unspecified atom stereocenters. The Morgan fingerprint density at radius 2 is 2.21 bits per heavy atom. The van der Waals surface area contributed by atoms with Crippen LogP contribution in [0.3, 0.4) is 0 Å². The number of aryl methyl sites for hydroxylation is 1. The van der Waals surface area contributed by atoms with Gasteiger partial charge in [0.2, 0.25) is 11.8 Å². The summed E-state index contributed by atoms with van der Waals surface area (Å²) in [7, 11) is 1.73. The van der Waals surface area contributed by atoms with E-state index in [4.69, 9.17) is 4.52 Å². The van der Waals surface area contributed by atoms with Gasteiger partial charge in [0.25, 0.3) is 0 Å². The molecule has 0 aromatic carbocycles. The molecule has 1 amide bonds. The molecule has 6 nitrogen and oxygen atoms in total. The second kappa shape index (κ2) is 6.14. The number of hydrogen-bond acceptors (Lipinski definition) is 5. The highest BCUT2D eigenvalue weighted by atomic mass is 16.5. The van der Waals surface area contributed by atoms with E-state index in [0.29, 0.717) is 24.7 Å². The Morgan fingerprint density at radius 3 is 2.84 bits per heavy atom. The number of rotatable bonds is 4. The van der Waals surface area contributed by atoms with Gasteiger partial charge in [-0.05, 0) is 18.8 Å². The van der Waals surface area contributed by atoms with E-state index in [-0.39, 0.29) is 17.9 Å². The van der Waals surface area contributed by atoms with E-state index in [0.717, 1.165) is 25.7 Å². The number of amides is 1. The van der Waals surface area contributed by atoms with Crippen LogP contribution in [0.4, 0.5) is 0 Å². The fraction of sp³-hybridized carbons (Fsp3) is 0.769. The molecular weight excluding hydrogens is 246 g/mol. The van der Waals surface area contributed by atoms with Gasteiger partial charge in [-0.2, -0.15) is 4.98 Å². The summed E-state index contributed by atoms with van der Waals surface area (Å²) in [6.07, 6.45) is 3.97. The van der Waals surface area contributed by atoms with Gasteiger partial charge >= 0.3 is 0 Å². The van der Waals surface area contributed by atoms with Gasteiger partial charge in [-0.3, -0.25) is 4.79 Å². The predicted octanol–water partition coefficient (Wildman–Crippen LogP) is 1.28. The number of aromatic nitrogens is 2. The Hall–Kier alpha value is -1.43. The molecule has 1 fully saturated rings. The standard InChI is InChI=1S/C13H21N3O3/c1-9-14-12(15-19-9)8-16(2)13(18)7-10-5-3-4-6-11(10)17/h10-11,17H,3-8H2,1-2H3/t10-,11+/m0/s1. The van der Waals surface area contributed by atoms with Crippen LogP contribution in [0.2, 0.25) is 0 Å². The number of hydrogen-bond donors (Lipinski definition) is 1. The lowest BCUT2D eigenvalue weighted by Gasteiger charge is -2.28. The third-order valence-electron chi connectivity index (χ3n) is 3.68. The van der Waals surface area contributed by atoms with Crippen molar-refractivity contribution in [1.82, 2.24) is 15.0 Å². The largest absolute Gasteiger partial charge is 0.393 e. The molecule has 0 saturated heterocycles. The SMILES string of the molecule is Cc1nc(CN(C)C(=O)C[C@@H]2CCCC[C@H]2O)no1. The molecule has 1 N–H and O–H groups in total. The number of carbonyl (C=O) groups is 1. The number of nitrogens with zero attached hydrogens (tertiary/aromatic N) is 3.